The minimum Gasteiger partial charge on any atom is -0.508 e. The van der Waals surface area contributed by atoms with E-state index in [9.17, 15) is 35.1 Å². The lowest BCUT2D eigenvalue weighted by Crippen LogP contribution is -2.61. The van der Waals surface area contributed by atoms with Gasteiger partial charge in [0.25, 0.3) is 0 Å². The fourth-order valence-electron chi connectivity index (χ4n) is 3.40. The molecular formula is C21H18O11. The van der Waals surface area contributed by atoms with Crippen LogP contribution >= 0.6 is 0 Å². The normalized spacial score (nSPS) is 25.5. The zero-order valence-corrected chi connectivity index (χ0v) is 16.2. The molecule has 0 unspecified atom stereocenters. The first-order valence-corrected chi connectivity index (χ1v) is 9.34. The van der Waals surface area contributed by atoms with Crippen LogP contribution in [0.1, 0.15) is 0 Å². The molecule has 5 atom stereocenters. The molecule has 0 bridgehead atoms. The van der Waals surface area contributed by atoms with Gasteiger partial charge in [0.05, 0.1) is 5.56 Å². The number of benzene rings is 2. The van der Waals surface area contributed by atoms with Crippen LogP contribution in [0.3, 0.4) is 0 Å². The maximum atomic E-state index is 12.9. The van der Waals surface area contributed by atoms with Crippen molar-refractivity contribution < 1.29 is 49.3 Å². The maximum absolute atomic E-state index is 12.9. The zero-order chi connectivity index (χ0) is 23.2. The third-order valence-electron chi connectivity index (χ3n) is 5.07. The molecule has 2 aromatic carbocycles. The van der Waals surface area contributed by atoms with Crippen molar-refractivity contribution in [3.63, 3.8) is 0 Å². The Labute approximate surface area is 178 Å². The molecule has 2 heterocycles. The van der Waals surface area contributed by atoms with E-state index >= 15 is 0 Å². The number of hydrogen-bond donors (Lipinski definition) is 6. The molecule has 1 aliphatic rings. The fraction of sp³-hybridized carbons (Fsp3) is 0.238. The molecule has 11 heteroatoms. The van der Waals surface area contributed by atoms with Crippen molar-refractivity contribution in [2.24, 2.45) is 0 Å². The molecule has 1 aliphatic heterocycles. The molecule has 1 aromatic heterocycles. The van der Waals surface area contributed by atoms with Crippen LogP contribution < -0.4 is 10.2 Å². The molecule has 0 amide bonds. The van der Waals surface area contributed by atoms with Crippen LogP contribution in [-0.2, 0) is 9.53 Å². The number of carbonyl (C=O) groups is 1. The van der Waals surface area contributed by atoms with Crippen molar-refractivity contribution in [3.8, 4) is 28.4 Å². The smallest absolute Gasteiger partial charge is 0.335 e. The highest BCUT2D eigenvalue weighted by atomic mass is 16.7. The van der Waals surface area contributed by atoms with Gasteiger partial charge in [-0.25, -0.2) is 4.79 Å². The molecule has 32 heavy (non-hydrogen) atoms. The summed E-state index contributed by atoms with van der Waals surface area (Å²) in [4.78, 5) is 24.1. The summed E-state index contributed by atoms with van der Waals surface area (Å²) in [5, 5.41) is 58.5. The van der Waals surface area contributed by atoms with Crippen molar-refractivity contribution in [1.29, 1.82) is 0 Å². The van der Waals surface area contributed by atoms with E-state index in [1.165, 1.54) is 30.3 Å². The van der Waals surface area contributed by atoms with Gasteiger partial charge >= 0.3 is 5.97 Å². The summed E-state index contributed by atoms with van der Waals surface area (Å²) >= 11 is 0. The summed E-state index contributed by atoms with van der Waals surface area (Å²) in [6.07, 6.45) is -7.96. The van der Waals surface area contributed by atoms with Gasteiger partial charge in [-0.1, -0.05) is 12.1 Å². The van der Waals surface area contributed by atoms with E-state index < -0.39 is 47.9 Å². The van der Waals surface area contributed by atoms with Crippen molar-refractivity contribution in [2.75, 3.05) is 0 Å². The maximum Gasteiger partial charge on any atom is 0.335 e. The van der Waals surface area contributed by atoms with Crippen molar-refractivity contribution in [2.45, 2.75) is 30.7 Å². The van der Waals surface area contributed by atoms with Gasteiger partial charge in [-0.15, -0.1) is 0 Å². The highest BCUT2D eigenvalue weighted by Gasteiger charge is 2.48. The molecule has 3 aromatic rings. The van der Waals surface area contributed by atoms with Crippen molar-refractivity contribution in [3.05, 3.63) is 52.9 Å². The Bertz CT molecular complexity index is 1220. The van der Waals surface area contributed by atoms with Gasteiger partial charge in [0.1, 0.15) is 52.8 Å². The van der Waals surface area contributed by atoms with Gasteiger partial charge in [0.2, 0.25) is 11.7 Å². The lowest BCUT2D eigenvalue weighted by Gasteiger charge is -2.38. The molecule has 168 valence electrons. The number of ether oxygens (including phenoxy) is 2. The van der Waals surface area contributed by atoms with E-state index in [1.807, 2.05) is 0 Å². The largest absolute Gasteiger partial charge is 0.508 e. The summed E-state index contributed by atoms with van der Waals surface area (Å²) in [5.74, 6) is -2.25. The van der Waals surface area contributed by atoms with Crippen LogP contribution in [0, 0.1) is 0 Å². The van der Waals surface area contributed by atoms with E-state index in [-0.39, 0.29) is 28.0 Å². The second kappa shape index (κ2) is 8.13. The minimum absolute atomic E-state index is 0.0125. The molecule has 0 aliphatic carbocycles. The third kappa shape index (κ3) is 3.74. The van der Waals surface area contributed by atoms with E-state index in [0.29, 0.717) is 5.56 Å². The first-order chi connectivity index (χ1) is 15.2. The minimum atomic E-state index is -1.89. The van der Waals surface area contributed by atoms with Crippen LogP contribution in [0.4, 0.5) is 0 Å². The second-order valence-electron chi connectivity index (χ2n) is 7.19. The number of rotatable bonds is 4. The highest BCUT2D eigenvalue weighted by molar-refractivity contribution is 5.88. The summed E-state index contributed by atoms with van der Waals surface area (Å²) < 4.78 is 15.9. The van der Waals surface area contributed by atoms with Gasteiger partial charge in [-0.05, 0) is 17.7 Å². The lowest BCUT2D eigenvalue weighted by atomic mass is 9.99. The Morgan fingerprint density at radius 1 is 0.969 bits per heavy atom. The van der Waals surface area contributed by atoms with Crippen LogP contribution in [-0.4, -0.2) is 67.3 Å². The summed E-state index contributed by atoms with van der Waals surface area (Å²) in [6, 6.07) is 8.02. The molecule has 1 fully saturated rings. The quantitative estimate of drug-likeness (QED) is 0.320. The number of phenolic OH excluding ortho intramolecular Hbond substituents is 2. The molecule has 0 spiro atoms. The number of fused-ring (bicyclic) bond motifs is 1. The van der Waals surface area contributed by atoms with Gasteiger partial charge in [0, 0.05) is 12.1 Å². The predicted octanol–water partition coefficient (Wildman–Crippen LogP) is 0.142. The average Bonchev–Trinajstić information content (AvgIpc) is 2.74. The van der Waals surface area contributed by atoms with Gasteiger partial charge in [-0.2, -0.15) is 0 Å². The Balaban J connectivity index is 1.68. The molecule has 4 rings (SSSR count). The van der Waals surface area contributed by atoms with Crippen LogP contribution in [0.5, 0.6) is 17.2 Å². The van der Waals surface area contributed by atoms with Crippen molar-refractivity contribution >= 4 is 16.9 Å². The lowest BCUT2D eigenvalue weighted by molar-refractivity contribution is -0.271. The standard InChI is InChI=1S/C21H18O11/c22-9-3-1-8(2-4-9)11-7-30-13-6-10(5-12(23)14(13)15(11)24)31-21-18(27)16(25)17(26)19(32-21)20(28)29/h1-7,16-19,21-23,25-27H,(H,28,29)/t16-,17-,18+,19-,21-/m0/s1. The van der Waals surface area contributed by atoms with Crippen LogP contribution in [0.15, 0.2) is 51.9 Å². The topological polar surface area (TPSA) is 187 Å². The SMILES string of the molecule is O=C(O)[C@H]1O[C@H](Oc2cc(O)c3c(=O)c(-c4ccc(O)cc4)coc3c2)[C@H](O)[C@@H](O)[C@@H]1O. The van der Waals surface area contributed by atoms with E-state index in [4.69, 9.17) is 19.0 Å². The van der Waals surface area contributed by atoms with Gasteiger partial charge < -0.3 is 44.5 Å². The Hall–Kier alpha value is -3.64. The monoisotopic (exact) mass is 446 g/mol. The van der Waals surface area contributed by atoms with Crippen LogP contribution in [0.25, 0.3) is 22.1 Å². The number of aliphatic hydroxyl groups excluding tert-OH is 3. The van der Waals surface area contributed by atoms with Gasteiger partial charge in [0.15, 0.2) is 6.10 Å². The number of carboxylic acids is 1. The number of aliphatic hydroxyl groups is 3. The molecule has 0 saturated carbocycles. The van der Waals surface area contributed by atoms with Crippen molar-refractivity contribution in [1.82, 2.24) is 0 Å². The number of aliphatic carboxylic acids is 1. The highest BCUT2D eigenvalue weighted by Crippen LogP contribution is 2.32. The molecule has 0 radical (unpaired) electrons. The first kappa shape index (κ1) is 21.6. The molecule has 11 nitrogen and oxygen atoms in total. The Morgan fingerprint density at radius 2 is 1.66 bits per heavy atom. The summed E-state index contributed by atoms with van der Waals surface area (Å²) in [5.41, 5.74) is -0.0503. The predicted molar refractivity (Wildman–Crippen MR) is 106 cm³/mol. The number of hydrogen-bond acceptors (Lipinski definition) is 10. The number of phenols is 2. The Kier molecular flexibility index (Phi) is 5.48. The summed E-state index contributed by atoms with van der Waals surface area (Å²) in [7, 11) is 0. The number of aromatic hydroxyl groups is 2. The number of carboxylic acid groups (broad SMARTS) is 1. The summed E-state index contributed by atoms with van der Waals surface area (Å²) in [6.45, 7) is 0. The second-order valence-corrected chi connectivity index (χ2v) is 7.19. The third-order valence-corrected chi connectivity index (χ3v) is 5.07. The molecular weight excluding hydrogens is 428 g/mol. The average molecular weight is 446 g/mol. The van der Waals surface area contributed by atoms with E-state index in [1.54, 1.807) is 0 Å². The van der Waals surface area contributed by atoms with E-state index in [0.717, 1.165) is 12.3 Å². The van der Waals surface area contributed by atoms with Crippen LogP contribution in [0.2, 0.25) is 0 Å². The first-order valence-electron chi connectivity index (χ1n) is 9.34. The zero-order valence-electron chi connectivity index (χ0n) is 16.2. The van der Waals surface area contributed by atoms with E-state index in [2.05, 4.69) is 0 Å². The molecule has 1 saturated heterocycles. The molecule has 6 N–H and O–H groups in total. The fourth-order valence-corrected chi connectivity index (χ4v) is 3.40. The van der Waals surface area contributed by atoms with Gasteiger partial charge in [-0.3, -0.25) is 4.79 Å². The Morgan fingerprint density at radius 3 is 2.31 bits per heavy atom.